The van der Waals surface area contributed by atoms with E-state index in [4.69, 9.17) is 23.8 Å². The summed E-state index contributed by atoms with van der Waals surface area (Å²) >= 11 is 0. The largest absolute Gasteiger partial charge is 0.441 e. The molecule has 9 nitrogen and oxygen atoms in total. The van der Waals surface area contributed by atoms with Crippen molar-refractivity contribution in [1.82, 2.24) is 29.9 Å². The molecule has 0 radical (unpaired) electrons. The quantitative estimate of drug-likeness (QED) is 0.193. The van der Waals surface area contributed by atoms with E-state index in [-0.39, 0.29) is 5.56 Å². The number of hydrogen-bond donors (Lipinski definition) is 1. The Morgan fingerprint density at radius 3 is 2.35 bits per heavy atom. The second-order valence-corrected chi connectivity index (χ2v) is 11.3. The van der Waals surface area contributed by atoms with E-state index in [2.05, 4.69) is 15.0 Å². The smallest absolute Gasteiger partial charge is 0.258 e. The van der Waals surface area contributed by atoms with Gasteiger partial charge < -0.3 is 13.8 Å². The Morgan fingerprint density at radius 2 is 1.43 bits per heavy atom. The number of nitrogens with one attached hydrogen (secondary N) is 1. The summed E-state index contributed by atoms with van der Waals surface area (Å²) in [7, 11) is 0. The fourth-order valence-corrected chi connectivity index (χ4v) is 5.76. The number of rotatable bonds is 8. The molecule has 4 heterocycles. The van der Waals surface area contributed by atoms with E-state index >= 15 is 0 Å². The van der Waals surface area contributed by atoms with Crippen LogP contribution in [0.2, 0.25) is 0 Å². The van der Waals surface area contributed by atoms with E-state index < -0.39 is 0 Å². The lowest BCUT2D eigenvalue weighted by atomic mass is 10.0. The zero-order chi connectivity index (χ0) is 31.0. The first-order valence-electron chi connectivity index (χ1n) is 15.2. The van der Waals surface area contributed by atoms with Crippen LogP contribution in [0.5, 0.6) is 0 Å². The van der Waals surface area contributed by atoms with Gasteiger partial charge in [-0.05, 0) is 48.4 Å². The van der Waals surface area contributed by atoms with Gasteiger partial charge in [-0.25, -0.2) is 24.9 Å². The molecule has 1 N–H and O–H groups in total. The van der Waals surface area contributed by atoms with Gasteiger partial charge >= 0.3 is 0 Å². The average molecular weight is 605 g/mol. The Balaban J connectivity index is 1.00. The Labute approximate surface area is 263 Å². The molecule has 0 saturated heterocycles. The fourth-order valence-electron chi connectivity index (χ4n) is 5.76. The molecule has 4 aromatic heterocycles. The van der Waals surface area contributed by atoms with Crippen LogP contribution < -0.4 is 5.56 Å². The van der Waals surface area contributed by atoms with Gasteiger partial charge in [0.25, 0.3) is 5.56 Å². The number of fused-ring (bicyclic) bond motifs is 3. The molecule has 8 rings (SSSR count). The second kappa shape index (κ2) is 11.5. The van der Waals surface area contributed by atoms with Crippen molar-refractivity contribution in [1.29, 1.82) is 0 Å². The highest BCUT2D eigenvalue weighted by Gasteiger charge is 2.13. The molecule has 0 atom stereocenters. The first-order chi connectivity index (χ1) is 22.6. The van der Waals surface area contributed by atoms with Crippen LogP contribution in [0.4, 0.5) is 0 Å². The highest BCUT2D eigenvalue weighted by atomic mass is 16.4. The van der Waals surface area contributed by atoms with Crippen molar-refractivity contribution < 1.29 is 8.83 Å². The number of aryl methyl sites for hydroxylation is 5. The summed E-state index contributed by atoms with van der Waals surface area (Å²) in [5, 5.41) is 1.60. The van der Waals surface area contributed by atoms with Gasteiger partial charge in [0.15, 0.2) is 23.1 Å². The number of aromatic amines is 1. The second-order valence-electron chi connectivity index (χ2n) is 11.3. The summed E-state index contributed by atoms with van der Waals surface area (Å²) in [6.07, 6.45) is 3.94. The van der Waals surface area contributed by atoms with E-state index in [1.54, 1.807) is 6.20 Å². The van der Waals surface area contributed by atoms with E-state index in [1.165, 1.54) is 0 Å². The number of benzene rings is 4. The highest BCUT2D eigenvalue weighted by molar-refractivity contribution is 5.86. The van der Waals surface area contributed by atoms with Crippen LogP contribution in [0.25, 0.3) is 55.4 Å². The molecular weight excluding hydrogens is 576 g/mol. The van der Waals surface area contributed by atoms with Crippen LogP contribution in [0.3, 0.4) is 0 Å². The minimum atomic E-state index is -0.176. The zero-order valence-electron chi connectivity index (χ0n) is 25.0. The van der Waals surface area contributed by atoms with Crippen LogP contribution in [-0.4, -0.2) is 29.9 Å². The molecule has 46 heavy (non-hydrogen) atoms. The predicted molar refractivity (Wildman–Crippen MR) is 176 cm³/mol. The van der Waals surface area contributed by atoms with Crippen molar-refractivity contribution in [3.05, 3.63) is 137 Å². The Bertz CT molecular complexity index is 2430. The number of hydrogen-bond acceptors (Lipinski definition) is 8. The fraction of sp³-hybridized carbons (Fsp3) is 0.135. The summed E-state index contributed by atoms with van der Waals surface area (Å²) in [5.41, 5.74) is 6.68. The van der Waals surface area contributed by atoms with Crippen LogP contribution in [0, 0.1) is 6.92 Å². The van der Waals surface area contributed by atoms with Gasteiger partial charge in [0, 0.05) is 42.3 Å². The van der Waals surface area contributed by atoms with E-state index in [9.17, 15) is 4.79 Å². The molecular formula is C37H28N6O3. The first kappa shape index (κ1) is 27.6. The van der Waals surface area contributed by atoms with Gasteiger partial charge in [-0.3, -0.25) is 4.79 Å². The van der Waals surface area contributed by atoms with Crippen molar-refractivity contribution in [3.63, 3.8) is 0 Å². The molecule has 0 aliphatic carbocycles. The molecule has 0 aliphatic rings. The van der Waals surface area contributed by atoms with Crippen LogP contribution in [0.1, 0.15) is 29.1 Å². The lowest BCUT2D eigenvalue weighted by Gasteiger charge is -2.06. The van der Waals surface area contributed by atoms with Crippen molar-refractivity contribution in [2.24, 2.45) is 0 Å². The monoisotopic (exact) mass is 604 g/mol. The number of oxazole rings is 2. The maximum atomic E-state index is 12.9. The van der Waals surface area contributed by atoms with E-state index in [0.717, 1.165) is 44.6 Å². The lowest BCUT2D eigenvalue weighted by Crippen LogP contribution is -2.12. The molecule has 4 aromatic carbocycles. The SMILES string of the molecule is Cc1nc(CCc2nc3ccc(-c4ccc5c(=O)[nH]c(CCc6ncc(-c7ccccc7)o6)nc5c4)cc3o2)nc2ccccc12. The standard InChI is InChI=1S/C37H28N6O3/c1-22-26-9-5-6-10-28(26)40-33(39-22)16-18-36-42-29-14-12-25(20-31(29)45-36)24-11-13-27-30(19-24)41-34(43-37(27)44)15-17-35-38-21-32(46-35)23-7-3-2-4-8-23/h2-14,19-21H,15-18H2,1H3,(H,41,43,44). The summed E-state index contributed by atoms with van der Waals surface area (Å²) in [5.74, 6) is 3.30. The molecule has 0 saturated carbocycles. The number of nitrogens with zero attached hydrogens (tertiary/aromatic N) is 5. The predicted octanol–water partition coefficient (Wildman–Crippen LogP) is 7.21. The Hall–Kier alpha value is -5.96. The molecule has 224 valence electrons. The van der Waals surface area contributed by atoms with Gasteiger partial charge in [0.1, 0.15) is 17.2 Å². The Kier molecular flexibility index (Phi) is 6.90. The molecule has 8 aromatic rings. The minimum absolute atomic E-state index is 0.176. The molecule has 0 fully saturated rings. The summed E-state index contributed by atoms with van der Waals surface area (Å²) in [6.45, 7) is 2.01. The third-order valence-corrected chi connectivity index (χ3v) is 8.11. The normalized spacial score (nSPS) is 11.6. The van der Waals surface area contributed by atoms with Gasteiger partial charge in [0.05, 0.1) is 22.6 Å². The van der Waals surface area contributed by atoms with Crippen LogP contribution in [-0.2, 0) is 25.7 Å². The van der Waals surface area contributed by atoms with Gasteiger partial charge in [-0.2, -0.15) is 0 Å². The molecule has 0 unspecified atom stereocenters. The summed E-state index contributed by atoms with van der Waals surface area (Å²) < 4.78 is 12.1. The summed E-state index contributed by atoms with van der Waals surface area (Å²) in [6, 6.07) is 29.5. The third-order valence-electron chi connectivity index (χ3n) is 8.11. The third kappa shape index (κ3) is 5.43. The van der Waals surface area contributed by atoms with Crippen molar-refractivity contribution >= 4 is 32.9 Å². The first-order valence-corrected chi connectivity index (χ1v) is 15.2. The molecule has 0 aliphatic heterocycles. The number of H-pyrrole nitrogens is 1. The topological polar surface area (TPSA) is 124 Å². The molecule has 0 spiro atoms. The number of aromatic nitrogens is 6. The van der Waals surface area contributed by atoms with Crippen molar-refractivity contribution in [2.75, 3.05) is 0 Å². The van der Waals surface area contributed by atoms with E-state index in [0.29, 0.717) is 65.5 Å². The number of para-hydroxylation sites is 1. The average Bonchev–Trinajstić information content (AvgIpc) is 3.73. The van der Waals surface area contributed by atoms with Crippen molar-refractivity contribution in [3.8, 4) is 22.5 Å². The van der Waals surface area contributed by atoms with Crippen molar-refractivity contribution in [2.45, 2.75) is 32.6 Å². The van der Waals surface area contributed by atoms with Crippen LogP contribution in [0.15, 0.2) is 111 Å². The minimum Gasteiger partial charge on any atom is -0.441 e. The summed E-state index contributed by atoms with van der Waals surface area (Å²) in [4.78, 5) is 39.1. The van der Waals surface area contributed by atoms with E-state index in [1.807, 2.05) is 97.9 Å². The maximum absolute atomic E-state index is 12.9. The maximum Gasteiger partial charge on any atom is 0.258 e. The zero-order valence-corrected chi connectivity index (χ0v) is 25.0. The molecule has 0 bridgehead atoms. The van der Waals surface area contributed by atoms with Gasteiger partial charge in [0.2, 0.25) is 0 Å². The highest BCUT2D eigenvalue weighted by Crippen LogP contribution is 2.27. The Morgan fingerprint density at radius 1 is 0.630 bits per heavy atom. The molecule has 9 heteroatoms. The molecule has 0 amide bonds. The van der Waals surface area contributed by atoms with Gasteiger partial charge in [-0.15, -0.1) is 0 Å². The van der Waals surface area contributed by atoms with Gasteiger partial charge in [-0.1, -0.05) is 60.7 Å². The van der Waals surface area contributed by atoms with Crippen LogP contribution >= 0.6 is 0 Å². The lowest BCUT2D eigenvalue weighted by molar-refractivity contribution is 0.503.